The average Bonchev–Trinajstić information content (AvgIpc) is 3.67. The number of hydrogen-bond acceptors (Lipinski definition) is 8. The lowest BCUT2D eigenvalue weighted by Gasteiger charge is -2.40. The smallest absolute Gasteiger partial charge is 0.306 e. The monoisotopic (exact) mass is 672 g/mol. The molecule has 2 heterocycles. The van der Waals surface area contributed by atoms with Crippen LogP contribution in [0, 0.1) is 46.8 Å². The van der Waals surface area contributed by atoms with Gasteiger partial charge in [-0.3, -0.25) is 9.59 Å². The number of carbonyl (C=O) groups is 2. The molecule has 0 bridgehead atoms. The van der Waals surface area contributed by atoms with Gasteiger partial charge in [0, 0.05) is 17.9 Å². The summed E-state index contributed by atoms with van der Waals surface area (Å²) in [5.41, 5.74) is 3.84. The summed E-state index contributed by atoms with van der Waals surface area (Å²) in [7, 11) is 4.18. The van der Waals surface area contributed by atoms with Crippen molar-refractivity contribution in [2.45, 2.75) is 129 Å². The number of esters is 1. The summed E-state index contributed by atoms with van der Waals surface area (Å²) >= 11 is 0. The maximum Gasteiger partial charge on any atom is 0.306 e. The van der Waals surface area contributed by atoms with E-state index in [-0.39, 0.29) is 72.6 Å². The van der Waals surface area contributed by atoms with Crippen LogP contribution in [0.5, 0.6) is 0 Å². The maximum absolute atomic E-state index is 14.6. The molecule has 1 aromatic carbocycles. The summed E-state index contributed by atoms with van der Waals surface area (Å²) in [6, 6.07) is 10.1. The van der Waals surface area contributed by atoms with Crippen molar-refractivity contribution in [3.63, 3.8) is 0 Å². The first-order valence-electron chi connectivity index (χ1n) is 18.8. The number of Topliss-reactive ketones (excluding diaryl/α,β-unsaturated/α-hetero) is 1. The quantitative estimate of drug-likeness (QED) is 0.222. The second-order valence-electron chi connectivity index (χ2n) is 15.6. The molecule has 0 radical (unpaired) electrons. The Balaban J connectivity index is 1.22. The summed E-state index contributed by atoms with van der Waals surface area (Å²) in [6.45, 7) is 8.94. The SMILES string of the molecule is CC[C@H]1CCC[C@H](O[C@H]2CC[C@H](N(C)C)[C@@H](C)O2)[C@@H](C)C(=O)C2=C[C@@H]3[C@@H](C=C(C)[C@@H]4C[C@@H](OCc5ccc(C#N)cc5)C[C@@H]34)[C@@H]2CC(=O)O1. The normalized spacial score (nSPS) is 38.2. The summed E-state index contributed by atoms with van der Waals surface area (Å²) in [4.78, 5) is 30.3. The van der Waals surface area contributed by atoms with E-state index in [4.69, 9.17) is 24.2 Å². The van der Waals surface area contributed by atoms with E-state index in [1.54, 1.807) is 0 Å². The van der Waals surface area contributed by atoms with Gasteiger partial charge in [0.15, 0.2) is 12.1 Å². The Morgan fingerprint density at radius 3 is 2.45 bits per heavy atom. The van der Waals surface area contributed by atoms with Crippen LogP contribution < -0.4 is 0 Å². The van der Waals surface area contributed by atoms with Crippen molar-refractivity contribution in [3.05, 3.63) is 58.7 Å². The highest BCUT2D eigenvalue weighted by Crippen LogP contribution is 2.56. The fourth-order valence-electron chi connectivity index (χ4n) is 9.58. The molecular weight excluding hydrogens is 616 g/mol. The van der Waals surface area contributed by atoms with Gasteiger partial charge >= 0.3 is 5.97 Å². The minimum Gasteiger partial charge on any atom is -0.462 e. The first-order chi connectivity index (χ1) is 23.6. The average molecular weight is 673 g/mol. The first-order valence-corrected chi connectivity index (χ1v) is 18.8. The van der Waals surface area contributed by atoms with Gasteiger partial charge in [-0.1, -0.05) is 43.7 Å². The minimum absolute atomic E-state index is 0.0474. The van der Waals surface area contributed by atoms with Crippen molar-refractivity contribution in [2.24, 2.45) is 35.5 Å². The zero-order valence-electron chi connectivity index (χ0n) is 30.3. The van der Waals surface area contributed by atoms with Gasteiger partial charge in [0.25, 0.3) is 0 Å². The number of allylic oxidation sites excluding steroid dienone is 4. The largest absolute Gasteiger partial charge is 0.462 e. The molecule has 0 aromatic heterocycles. The van der Waals surface area contributed by atoms with Crippen molar-refractivity contribution in [1.82, 2.24) is 4.90 Å². The van der Waals surface area contributed by atoms with Crippen LogP contribution in [0.3, 0.4) is 0 Å². The van der Waals surface area contributed by atoms with Crippen LogP contribution in [0.2, 0.25) is 0 Å². The zero-order chi connectivity index (χ0) is 34.8. The minimum atomic E-state index is -0.345. The Labute approximate surface area is 293 Å². The van der Waals surface area contributed by atoms with E-state index in [0.29, 0.717) is 30.0 Å². The molecule has 266 valence electrons. The molecule has 8 nitrogen and oxygen atoms in total. The van der Waals surface area contributed by atoms with Gasteiger partial charge in [0.1, 0.15) is 6.10 Å². The van der Waals surface area contributed by atoms with Gasteiger partial charge in [0.05, 0.1) is 43.0 Å². The number of rotatable bonds is 7. The van der Waals surface area contributed by atoms with Crippen LogP contribution in [0.1, 0.15) is 96.6 Å². The molecule has 3 fully saturated rings. The first kappa shape index (κ1) is 36.0. The highest BCUT2D eigenvalue weighted by molar-refractivity contribution is 5.99. The molecule has 49 heavy (non-hydrogen) atoms. The Bertz CT molecular complexity index is 1440. The number of cyclic esters (lactones) is 1. The lowest BCUT2D eigenvalue weighted by Crippen LogP contribution is -2.47. The van der Waals surface area contributed by atoms with Crippen LogP contribution in [0.25, 0.3) is 0 Å². The maximum atomic E-state index is 14.6. The fourth-order valence-corrected chi connectivity index (χ4v) is 9.58. The second-order valence-corrected chi connectivity index (χ2v) is 15.6. The molecule has 0 spiro atoms. The fraction of sp³-hybridized carbons (Fsp3) is 0.683. The number of hydrogen-bond donors (Lipinski definition) is 0. The van der Waals surface area contributed by atoms with Gasteiger partial charge in [-0.25, -0.2) is 0 Å². The van der Waals surface area contributed by atoms with E-state index in [1.807, 2.05) is 31.2 Å². The molecular formula is C41H56N2O6. The molecule has 0 N–H and O–H groups in total. The molecule has 3 aliphatic carbocycles. The number of ether oxygens (including phenoxy) is 4. The van der Waals surface area contributed by atoms with Gasteiger partial charge in [-0.15, -0.1) is 0 Å². The van der Waals surface area contributed by atoms with E-state index in [0.717, 1.165) is 62.5 Å². The van der Waals surface area contributed by atoms with E-state index in [1.165, 1.54) is 5.57 Å². The molecule has 5 aliphatic rings. The summed E-state index contributed by atoms with van der Waals surface area (Å²) in [6.07, 6.45) is 11.0. The van der Waals surface area contributed by atoms with E-state index in [2.05, 4.69) is 58.0 Å². The number of likely N-dealkylation sites (N-methyl/N-ethyl adjacent to an activating group) is 1. The third-order valence-electron chi connectivity index (χ3n) is 12.4. The predicted octanol–water partition coefficient (Wildman–Crippen LogP) is 7.16. The molecule has 0 amide bonds. The van der Waals surface area contributed by atoms with Crippen LogP contribution >= 0.6 is 0 Å². The van der Waals surface area contributed by atoms with Crippen LogP contribution in [0.4, 0.5) is 0 Å². The number of fused-ring (bicyclic) bond motifs is 5. The number of nitriles is 1. The zero-order valence-corrected chi connectivity index (χ0v) is 30.3. The van der Waals surface area contributed by atoms with Crippen molar-refractivity contribution in [2.75, 3.05) is 14.1 Å². The van der Waals surface area contributed by atoms with Crippen LogP contribution in [-0.4, -0.2) is 67.5 Å². The molecule has 2 aliphatic heterocycles. The van der Waals surface area contributed by atoms with E-state index >= 15 is 0 Å². The van der Waals surface area contributed by atoms with Gasteiger partial charge < -0.3 is 23.8 Å². The highest BCUT2D eigenvalue weighted by atomic mass is 16.7. The van der Waals surface area contributed by atoms with Crippen molar-refractivity contribution < 1.29 is 28.5 Å². The third-order valence-corrected chi connectivity index (χ3v) is 12.4. The number of nitrogens with zero attached hydrogens (tertiary/aromatic N) is 2. The predicted molar refractivity (Wildman–Crippen MR) is 187 cm³/mol. The summed E-state index contributed by atoms with van der Waals surface area (Å²) in [5, 5.41) is 9.14. The second kappa shape index (κ2) is 15.6. The summed E-state index contributed by atoms with van der Waals surface area (Å²) < 4.78 is 25.6. The lowest BCUT2D eigenvalue weighted by molar-refractivity contribution is -0.231. The van der Waals surface area contributed by atoms with Gasteiger partial charge in [-0.05, 0) is 126 Å². The van der Waals surface area contributed by atoms with Crippen molar-refractivity contribution in [3.8, 4) is 6.07 Å². The number of benzene rings is 1. The number of carbonyl (C=O) groups excluding carboxylic acids is 2. The van der Waals surface area contributed by atoms with Crippen LogP contribution in [0.15, 0.2) is 47.6 Å². The lowest BCUT2D eigenvalue weighted by atomic mass is 9.67. The molecule has 2 saturated heterocycles. The van der Waals surface area contributed by atoms with Crippen LogP contribution in [-0.2, 0) is 35.1 Å². The van der Waals surface area contributed by atoms with Crippen molar-refractivity contribution in [1.29, 1.82) is 5.26 Å². The molecule has 1 saturated carbocycles. The standard InChI is InChI=1S/C41H56N2O6/c1-7-29-9-8-10-38(49-40-16-15-37(43(5)6)26(4)47-40)25(3)41(45)36-20-34-32(35(36)21-39(44)48-29)17-24(2)31-18-30(19-33(31)34)46-23-28-13-11-27(22-42)12-14-28/h11-14,17,20,25-26,29-35,37-38,40H,7-10,15-16,18-19,21,23H2,1-6H3/t25-,26-,29+,30-,31+,32-,33-,34-,35+,37+,38+,40+/m1/s1. The van der Waals surface area contributed by atoms with Gasteiger partial charge in [-0.2, -0.15) is 5.26 Å². The topological polar surface area (TPSA) is 98.1 Å². The van der Waals surface area contributed by atoms with E-state index < -0.39 is 0 Å². The Hall–Kier alpha value is -2.83. The Kier molecular flexibility index (Phi) is 11.5. The third kappa shape index (κ3) is 7.91. The number of ketones is 1. The molecule has 12 atom stereocenters. The molecule has 8 heteroatoms. The molecule has 1 aromatic rings. The molecule has 0 unspecified atom stereocenters. The highest BCUT2D eigenvalue weighted by Gasteiger charge is 2.52. The van der Waals surface area contributed by atoms with E-state index in [9.17, 15) is 9.59 Å². The molecule has 6 rings (SSSR count). The van der Waals surface area contributed by atoms with Gasteiger partial charge in [0.2, 0.25) is 0 Å². The van der Waals surface area contributed by atoms with Crippen molar-refractivity contribution >= 4 is 11.8 Å². The summed E-state index contributed by atoms with van der Waals surface area (Å²) in [5.74, 6) is 0.377. The Morgan fingerprint density at radius 1 is 0.980 bits per heavy atom. The Morgan fingerprint density at radius 2 is 1.76 bits per heavy atom.